The Morgan fingerprint density at radius 1 is 1.28 bits per heavy atom. The molecular weight excluding hydrogens is 232 g/mol. The maximum Gasteiger partial charge on any atom is 0.328 e. The Bertz CT molecular complexity index is 257. The Morgan fingerprint density at radius 2 is 1.94 bits per heavy atom. The van der Waals surface area contributed by atoms with Crippen LogP contribution < -0.4 is 10.6 Å². The first kappa shape index (κ1) is 16.7. The van der Waals surface area contributed by atoms with Gasteiger partial charge in [-0.15, -0.1) is 0 Å². The lowest BCUT2D eigenvalue weighted by atomic mass is 9.99. The van der Waals surface area contributed by atoms with Gasteiger partial charge in [-0.1, -0.05) is 33.1 Å². The van der Waals surface area contributed by atoms with Crippen LogP contribution in [0.15, 0.2) is 0 Å². The van der Waals surface area contributed by atoms with Crippen LogP contribution in [-0.2, 0) is 9.53 Å². The van der Waals surface area contributed by atoms with Crippen molar-refractivity contribution < 1.29 is 14.3 Å². The van der Waals surface area contributed by atoms with Gasteiger partial charge in [0.15, 0.2) is 0 Å². The van der Waals surface area contributed by atoms with E-state index in [4.69, 9.17) is 0 Å². The number of methoxy groups -OCH3 is 1. The lowest BCUT2D eigenvalue weighted by molar-refractivity contribution is -0.142. The van der Waals surface area contributed by atoms with E-state index in [1.165, 1.54) is 20.0 Å². The molecule has 2 N–H and O–H groups in total. The second-order valence-corrected chi connectivity index (χ2v) is 4.52. The molecule has 5 nitrogen and oxygen atoms in total. The Labute approximate surface area is 110 Å². The van der Waals surface area contributed by atoms with E-state index in [0.29, 0.717) is 12.5 Å². The summed E-state index contributed by atoms with van der Waals surface area (Å²) in [6.07, 6.45) is 4.52. The van der Waals surface area contributed by atoms with Crippen LogP contribution >= 0.6 is 0 Å². The zero-order chi connectivity index (χ0) is 14.0. The van der Waals surface area contributed by atoms with E-state index >= 15 is 0 Å². The molecule has 0 spiro atoms. The molecule has 0 aromatic carbocycles. The summed E-state index contributed by atoms with van der Waals surface area (Å²) < 4.78 is 4.53. The number of carbonyl (C=O) groups is 2. The fraction of sp³-hybridized carbons (Fsp3) is 0.846. The van der Waals surface area contributed by atoms with Crippen LogP contribution in [0.3, 0.4) is 0 Å². The van der Waals surface area contributed by atoms with E-state index in [1.54, 1.807) is 6.92 Å². The number of esters is 1. The number of unbranched alkanes of at least 4 members (excludes halogenated alkanes) is 1. The van der Waals surface area contributed by atoms with Gasteiger partial charge in [-0.05, 0) is 19.3 Å². The molecule has 5 heteroatoms. The predicted molar refractivity (Wildman–Crippen MR) is 71.3 cm³/mol. The smallest absolute Gasteiger partial charge is 0.328 e. The van der Waals surface area contributed by atoms with Crippen molar-refractivity contribution in [2.24, 2.45) is 5.92 Å². The van der Waals surface area contributed by atoms with E-state index in [-0.39, 0.29) is 6.03 Å². The summed E-state index contributed by atoms with van der Waals surface area (Å²) in [6, 6.07) is -0.937. The number of rotatable bonds is 8. The van der Waals surface area contributed by atoms with E-state index < -0.39 is 12.0 Å². The molecule has 18 heavy (non-hydrogen) atoms. The van der Waals surface area contributed by atoms with Crippen molar-refractivity contribution in [1.29, 1.82) is 0 Å². The molecule has 0 aliphatic carbocycles. The summed E-state index contributed by atoms with van der Waals surface area (Å²) in [5.74, 6) is 0.0623. The van der Waals surface area contributed by atoms with Gasteiger partial charge in [-0.2, -0.15) is 0 Å². The fourth-order valence-corrected chi connectivity index (χ4v) is 1.66. The van der Waals surface area contributed by atoms with E-state index in [0.717, 1.165) is 12.8 Å². The Morgan fingerprint density at radius 3 is 2.44 bits per heavy atom. The van der Waals surface area contributed by atoms with E-state index in [1.807, 2.05) is 0 Å². The average Bonchev–Trinajstić information content (AvgIpc) is 2.37. The Hall–Kier alpha value is -1.26. The molecule has 0 saturated heterocycles. The first-order valence-corrected chi connectivity index (χ1v) is 6.67. The topological polar surface area (TPSA) is 67.4 Å². The number of amides is 2. The summed E-state index contributed by atoms with van der Waals surface area (Å²) >= 11 is 0. The highest BCUT2D eigenvalue weighted by Crippen LogP contribution is 2.10. The predicted octanol–water partition coefficient (Wildman–Crippen LogP) is 2.06. The summed E-state index contributed by atoms with van der Waals surface area (Å²) in [5.41, 5.74) is 0. The van der Waals surface area contributed by atoms with Gasteiger partial charge in [0.1, 0.15) is 6.04 Å². The summed E-state index contributed by atoms with van der Waals surface area (Å²) in [7, 11) is 1.30. The van der Waals surface area contributed by atoms with Crippen molar-refractivity contribution >= 4 is 12.0 Å². The molecule has 0 aromatic rings. The van der Waals surface area contributed by atoms with Crippen molar-refractivity contribution in [3.05, 3.63) is 0 Å². The third kappa shape index (κ3) is 7.14. The van der Waals surface area contributed by atoms with Gasteiger partial charge in [0.25, 0.3) is 0 Å². The van der Waals surface area contributed by atoms with Crippen molar-refractivity contribution in [3.63, 3.8) is 0 Å². The normalized spacial score (nSPS) is 13.6. The van der Waals surface area contributed by atoms with E-state index in [9.17, 15) is 9.59 Å². The molecule has 0 heterocycles. The van der Waals surface area contributed by atoms with Crippen molar-refractivity contribution in [2.45, 2.75) is 52.5 Å². The lowest BCUT2D eigenvalue weighted by Crippen LogP contribution is -2.45. The zero-order valence-corrected chi connectivity index (χ0v) is 11.9. The monoisotopic (exact) mass is 258 g/mol. The number of nitrogens with one attached hydrogen (secondary N) is 2. The van der Waals surface area contributed by atoms with Gasteiger partial charge < -0.3 is 15.4 Å². The molecular formula is C13H26N2O3. The van der Waals surface area contributed by atoms with Crippen LogP contribution in [0.5, 0.6) is 0 Å². The minimum absolute atomic E-state index is 0.317. The van der Waals surface area contributed by atoms with Crippen LogP contribution in [0.1, 0.15) is 46.5 Å². The minimum Gasteiger partial charge on any atom is -0.467 e. The maximum absolute atomic E-state index is 11.5. The molecule has 0 radical (unpaired) electrons. The van der Waals surface area contributed by atoms with Gasteiger partial charge in [0.05, 0.1) is 7.11 Å². The maximum atomic E-state index is 11.5. The average molecular weight is 258 g/mol. The second kappa shape index (κ2) is 9.74. The van der Waals surface area contributed by atoms with E-state index in [2.05, 4.69) is 29.2 Å². The highest BCUT2D eigenvalue weighted by atomic mass is 16.5. The number of carbonyl (C=O) groups excluding carboxylic acids is 2. The van der Waals surface area contributed by atoms with Crippen LogP contribution in [0.4, 0.5) is 4.79 Å². The van der Waals surface area contributed by atoms with Crippen LogP contribution in [-0.4, -0.2) is 31.7 Å². The zero-order valence-electron chi connectivity index (χ0n) is 11.9. The number of hydrogen-bond acceptors (Lipinski definition) is 3. The van der Waals surface area contributed by atoms with Crippen molar-refractivity contribution in [1.82, 2.24) is 10.6 Å². The molecule has 0 fully saturated rings. The first-order valence-electron chi connectivity index (χ1n) is 6.67. The first-order chi connectivity index (χ1) is 8.54. The third-order valence-corrected chi connectivity index (χ3v) is 3.00. The summed E-state index contributed by atoms with van der Waals surface area (Å²) in [5, 5.41) is 5.34. The van der Waals surface area contributed by atoms with Gasteiger partial charge >= 0.3 is 12.0 Å². The molecule has 2 amide bonds. The summed E-state index contributed by atoms with van der Waals surface area (Å²) in [4.78, 5) is 22.7. The van der Waals surface area contributed by atoms with Gasteiger partial charge in [-0.3, -0.25) is 0 Å². The minimum atomic E-state index is -0.620. The van der Waals surface area contributed by atoms with Crippen LogP contribution in [0, 0.1) is 5.92 Å². The highest BCUT2D eigenvalue weighted by Gasteiger charge is 2.16. The summed E-state index contributed by atoms with van der Waals surface area (Å²) in [6.45, 7) is 6.53. The van der Waals surface area contributed by atoms with Crippen molar-refractivity contribution in [3.8, 4) is 0 Å². The SMILES string of the molecule is CCCCC(CC)CNC(=O)NC(C)C(=O)OC. The molecule has 0 aliphatic rings. The van der Waals surface area contributed by atoms with Crippen molar-refractivity contribution in [2.75, 3.05) is 13.7 Å². The molecule has 0 rings (SSSR count). The molecule has 0 aliphatic heterocycles. The quantitative estimate of drug-likeness (QED) is 0.655. The Balaban J connectivity index is 3.90. The standard InChI is InChI=1S/C13H26N2O3/c1-5-7-8-11(6-2)9-14-13(17)15-10(3)12(16)18-4/h10-11H,5-9H2,1-4H3,(H2,14,15,17). The molecule has 0 aromatic heterocycles. The molecule has 2 atom stereocenters. The fourth-order valence-electron chi connectivity index (χ4n) is 1.66. The van der Waals surface area contributed by atoms with Gasteiger partial charge in [0.2, 0.25) is 0 Å². The number of hydrogen-bond donors (Lipinski definition) is 2. The molecule has 106 valence electrons. The van der Waals surface area contributed by atoms with Gasteiger partial charge in [0, 0.05) is 6.54 Å². The van der Waals surface area contributed by atoms with Crippen LogP contribution in [0.25, 0.3) is 0 Å². The third-order valence-electron chi connectivity index (χ3n) is 3.00. The van der Waals surface area contributed by atoms with Crippen LogP contribution in [0.2, 0.25) is 0 Å². The largest absolute Gasteiger partial charge is 0.467 e. The number of ether oxygens (including phenoxy) is 1. The second-order valence-electron chi connectivity index (χ2n) is 4.52. The molecule has 0 saturated carbocycles. The highest BCUT2D eigenvalue weighted by molar-refractivity contribution is 5.83. The lowest BCUT2D eigenvalue weighted by Gasteiger charge is -2.17. The number of urea groups is 1. The molecule has 2 unspecified atom stereocenters. The Kier molecular flexibility index (Phi) is 9.06. The molecule has 0 bridgehead atoms. The van der Waals surface area contributed by atoms with Gasteiger partial charge in [-0.25, -0.2) is 9.59 Å².